The van der Waals surface area contributed by atoms with E-state index in [2.05, 4.69) is 49.2 Å². The van der Waals surface area contributed by atoms with E-state index in [9.17, 15) is 0 Å². The lowest BCUT2D eigenvalue weighted by molar-refractivity contribution is 0.403. The molecule has 0 saturated carbocycles. The van der Waals surface area contributed by atoms with Crippen molar-refractivity contribution in [2.24, 2.45) is 0 Å². The van der Waals surface area contributed by atoms with E-state index in [4.69, 9.17) is 4.74 Å². The van der Waals surface area contributed by atoms with Crippen molar-refractivity contribution in [1.29, 1.82) is 0 Å². The van der Waals surface area contributed by atoms with Gasteiger partial charge in [-0.1, -0.05) is 6.07 Å². The van der Waals surface area contributed by atoms with Crippen LogP contribution in [0.25, 0.3) is 0 Å². The van der Waals surface area contributed by atoms with Gasteiger partial charge in [-0.3, -0.25) is 0 Å². The van der Waals surface area contributed by atoms with Crippen molar-refractivity contribution in [3.8, 4) is 5.75 Å². The van der Waals surface area contributed by atoms with Crippen LogP contribution in [0.1, 0.15) is 45.2 Å². The first-order valence-electron chi connectivity index (χ1n) is 7.13. The Labute approximate surface area is 116 Å². The van der Waals surface area contributed by atoms with Gasteiger partial charge in [0, 0.05) is 29.4 Å². The van der Waals surface area contributed by atoms with Crippen molar-refractivity contribution in [3.05, 3.63) is 23.8 Å². The molecule has 3 nitrogen and oxygen atoms in total. The molecule has 1 atom stereocenters. The maximum absolute atomic E-state index is 5.57. The second-order valence-electron chi connectivity index (χ2n) is 5.97. The van der Waals surface area contributed by atoms with Crippen LogP contribution < -0.4 is 15.0 Å². The molecular formula is C16H26N2O. The maximum atomic E-state index is 5.57. The molecule has 1 aromatic rings. The summed E-state index contributed by atoms with van der Waals surface area (Å²) in [6.07, 6.45) is 2.51. The molecule has 0 radical (unpaired) electrons. The van der Waals surface area contributed by atoms with Gasteiger partial charge in [0.05, 0.1) is 7.11 Å². The monoisotopic (exact) mass is 262 g/mol. The molecule has 0 spiro atoms. The van der Waals surface area contributed by atoms with Gasteiger partial charge >= 0.3 is 0 Å². The minimum absolute atomic E-state index is 0.231. The maximum Gasteiger partial charge on any atom is 0.125 e. The molecule has 1 unspecified atom stereocenters. The molecule has 0 aliphatic carbocycles. The Kier molecular flexibility index (Phi) is 4.04. The molecule has 1 N–H and O–H groups in total. The van der Waals surface area contributed by atoms with Crippen LogP contribution in [0, 0.1) is 0 Å². The zero-order chi connectivity index (χ0) is 14.0. The van der Waals surface area contributed by atoms with Crippen LogP contribution in [-0.2, 0) is 0 Å². The van der Waals surface area contributed by atoms with Gasteiger partial charge in [-0.05, 0) is 52.8 Å². The largest absolute Gasteiger partial charge is 0.496 e. The number of hydrogen-bond donors (Lipinski definition) is 1. The van der Waals surface area contributed by atoms with Crippen LogP contribution in [0.3, 0.4) is 0 Å². The molecule has 1 fully saturated rings. The van der Waals surface area contributed by atoms with Gasteiger partial charge in [-0.25, -0.2) is 0 Å². The Bertz CT molecular complexity index is 442. The average Bonchev–Trinajstić information content (AvgIpc) is 2.76. The summed E-state index contributed by atoms with van der Waals surface area (Å²) in [4.78, 5) is 2.53. The van der Waals surface area contributed by atoms with E-state index in [0.717, 1.165) is 12.3 Å². The van der Waals surface area contributed by atoms with Crippen LogP contribution in [0.2, 0.25) is 0 Å². The molecule has 1 aromatic carbocycles. The van der Waals surface area contributed by atoms with Crippen LogP contribution in [-0.4, -0.2) is 26.2 Å². The molecule has 2 rings (SSSR count). The van der Waals surface area contributed by atoms with Crippen molar-refractivity contribution < 1.29 is 4.74 Å². The fraction of sp³-hybridized carbons (Fsp3) is 0.625. The third-order valence-corrected chi connectivity index (χ3v) is 4.32. The second kappa shape index (κ2) is 5.41. The molecule has 0 aromatic heterocycles. The number of methoxy groups -OCH3 is 1. The summed E-state index contributed by atoms with van der Waals surface area (Å²) in [5.41, 5.74) is 2.81. The molecule has 19 heavy (non-hydrogen) atoms. The van der Waals surface area contributed by atoms with E-state index in [-0.39, 0.29) is 11.6 Å². The molecule has 106 valence electrons. The lowest BCUT2D eigenvalue weighted by Crippen LogP contribution is -2.39. The molecule has 3 heteroatoms. The van der Waals surface area contributed by atoms with E-state index in [1.807, 2.05) is 7.05 Å². The lowest BCUT2D eigenvalue weighted by Gasteiger charge is -2.36. The second-order valence-corrected chi connectivity index (χ2v) is 5.97. The SMILES string of the molecule is CNC(C)c1c(OC)cccc1N1CCCC1(C)C. The topological polar surface area (TPSA) is 24.5 Å². The van der Waals surface area contributed by atoms with Crippen LogP contribution in [0.15, 0.2) is 18.2 Å². The first kappa shape index (κ1) is 14.2. The van der Waals surface area contributed by atoms with E-state index in [1.54, 1.807) is 7.11 Å². The zero-order valence-corrected chi connectivity index (χ0v) is 12.8. The minimum atomic E-state index is 0.231. The normalized spacial score (nSPS) is 19.5. The third-order valence-electron chi connectivity index (χ3n) is 4.32. The van der Waals surface area contributed by atoms with E-state index >= 15 is 0 Å². The number of ether oxygens (including phenoxy) is 1. The number of benzene rings is 1. The number of hydrogen-bond acceptors (Lipinski definition) is 3. The Morgan fingerprint density at radius 1 is 1.37 bits per heavy atom. The number of rotatable bonds is 4. The fourth-order valence-corrected chi connectivity index (χ4v) is 3.08. The van der Waals surface area contributed by atoms with E-state index in [1.165, 1.54) is 24.1 Å². The predicted octanol–water partition coefficient (Wildman–Crippen LogP) is 3.35. The predicted molar refractivity (Wildman–Crippen MR) is 81.1 cm³/mol. The molecular weight excluding hydrogens is 236 g/mol. The van der Waals surface area contributed by atoms with E-state index < -0.39 is 0 Å². The number of anilines is 1. The first-order valence-corrected chi connectivity index (χ1v) is 7.13. The average molecular weight is 262 g/mol. The lowest BCUT2D eigenvalue weighted by atomic mass is 9.98. The molecule has 1 aliphatic rings. The van der Waals surface area contributed by atoms with Gasteiger partial charge in [0.2, 0.25) is 0 Å². The van der Waals surface area contributed by atoms with Crippen LogP contribution in [0.4, 0.5) is 5.69 Å². The molecule has 1 saturated heterocycles. The summed E-state index contributed by atoms with van der Waals surface area (Å²) in [5, 5.41) is 3.34. The van der Waals surface area contributed by atoms with Crippen molar-refractivity contribution >= 4 is 5.69 Å². The Balaban J connectivity index is 2.50. The number of nitrogens with zero attached hydrogens (tertiary/aromatic N) is 1. The van der Waals surface area contributed by atoms with Crippen molar-refractivity contribution in [2.75, 3.05) is 25.6 Å². The standard InChI is InChI=1S/C16H26N2O/c1-12(17-4)15-13(8-6-9-14(15)19-5)18-11-7-10-16(18,2)3/h6,8-9,12,17H,7,10-11H2,1-5H3. The highest BCUT2D eigenvalue weighted by atomic mass is 16.5. The van der Waals surface area contributed by atoms with Crippen molar-refractivity contribution in [2.45, 2.75) is 45.2 Å². The van der Waals surface area contributed by atoms with Crippen LogP contribution in [0.5, 0.6) is 5.75 Å². The summed E-state index contributed by atoms with van der Waals surface area (Å²) in [6.45, 7) is 7.97. The summed E-state index contributed by atoms with van der Waals surface area (Å²) in [5.74, 6) is 0.974. The van der Waals surface area contributed by atoms with Gasteiger partial charge in [0.15, 0.2) is 0 Å². The number of nitrogens with one attached hydrogen (secondary N) is 1. The van der Waals surface area contributed by atoms with Crippen molar-refractivity contribution in [3.63, 3.8) is 0 Å². The van der Waals surface area contributed by atoms with Crippen molar-refractivity contribution in [1.82, 2.24) is 5.32 Å². The van der Waals surface area contributed by atoms with Gasteiger partial charge in [0.25, 0.3) is 0 Å². The highest BCUT2D eigenvalue weighted by molar-refractivity contribution is 5.62. The summed E-state index contributed by atoms with van der Waals surface area (Å²) in [7, 11) is 3.75. The Morgan fingerprint density at radius 2 is 2.11 bits per heavy atom. The Hall–Kier alpha value is -1.22. The molecule has 0 amide bonds. The minimum Gasteiger partial charge on any atom is -0.496 e. The third kappa shape index (κ3) is 2.57. The molecule has 0 bridgehead atoms. The highest BCUT2D eigenvalue weighted by Crippen LogP contribution is 2.40. The summed E-state index contributed by atoms with van der Waals surface area (Å²) >= 11 is 0. The van der Waals surface area contributed by atoms with Crippen LogP contribution >= 0.6 is 0 Å². The molecule has 1 heterocycles. The first-order chi connectivity index (χ1) is 9.01. The van der Waals surface area contributed by atoms with Gasteiger partial charge in [0.1, 0.15) is 5.75 Å². The molecule has 1 aliphatic heterocycles. The quantitative estimate of drug-likeness (QED) is 0.900. The summed E-state index contributed by atoms with van der Waals surface area (Å²) < 4.78 is 5.57. The zero-order valence-electron chi connectivity index (χ0n) is 12.8. The van der Waals surface area contributed by atoms with Gasteiger partial charge in [-0.2, -0.15) is 0 Å². The summed E-state index contributed by atoms with van der Waals surface area (Å²) in [6, 6.07) is 6.64. The smallest absolute Gasteiger partial charge is 0.125 e. The van der Waals surface area contributed by atoms with Gasteiger partial charge in [-0.15, -0.1) is 0 Å². The van der Waals surface area contributed by atoms with Gasteiger partial charge < -0.3 is 15.0 Å². The van der Waals surface area contributed by atoms with E-state index in [0.29, 0.717) is 0 Å². The highest BCUT2D eigenvalue weighted by Gasteiger charge is 2.34. The fourth-order valence-electron chi connectivity index (χ4n) is 3.08. The Morgan fingerprint density at radius 3 is 2.63 bits per heavy atom.